The summed E-state index contributed by atoms with van der Waals surface area (Å²) >= 11 is 0. The van der Waals surface area contributed by atoms with E-state index in [2.05, 4.69) is 22.0 Å². The van der Waals surface area contributed by atoms with E-state index in [1.165, 1.54) is 32.1 Å². The molecule has 108 valence electrons. The van der Waals surface area contributed by atoms with Crippen LogP contribution in [0.5, 0.6) is 0 Å². The van der Waals surface area contributed by atoms with Gasteiger partial charge in [0.2, 0.25) is 5.89 Å². The Bertz CT molecular complexity index is 361. The zero-order valence-electron chi connectivity index (χ0n) is 11.8. The Morgan fingerprint density at radius 3 is 2.79 bits per heavy atom. The van der Waals surface area contributed by atoms with Crippen molar-refractivity contribution in [3.63, 3.8) is 0 Å². The highest BCUT2D eigenvalue weighted by atomic mass is 16.5. The zero-order valence-corrected chi connectivity index (χ0v) is 11.8. The molecular formula is C14H25N3O2. The number of aliphatic hydroxyl groups is 1. The molecule has 2 rings (SSSR count). The van der Waals surface area contributed by atoms with Gasteiger partial charge in [-0.05, 0) is 19.3 Å². The SMILES string of the molecule is CCCc1nc(CN(CCO)C2CCCCC2)no1. The zero-order chi connectivity index (χ0) is 13.5. The standard InChI is InChI=1S/C14H25N3O2/c1-2-6-14-15-13(16-19-14)11-17(9-10-18)12-7-4-3-5-8-12/h12,18H,2-11H2,1H3. The first kappa shape index (κ1) is 14.5. The molecule has 0 unspecified atom stereocenters. The van der Waals surface area contributed by atoms with Crippen LogP contribution in [-0.4, -0.2) is 39.3 Å². The highest BCUT2D eigenvalue weighted by molar-refractivity contribution is 4.88. The third-order valence-electron chi connectivity index (χ3n) is 3.80. The predicted molar refractivity (Wildman–Crippen MR) is 72.7 cm³/mol. The summed E-state index contributed by atoms with van der Waals surface area (Å²) < 4.78 is 5.22. The van der Waals surface area contributed by atoms with Crippen molar-refractivity contribution in [1.29, 1.82) is 0 Å². The van der Waals surface area contributed by atoms with Crippen molar-refractivity contribution in [3.8, 4) is 0 Å². The maximum absolute atomic E-state index is 9.23. The number of hydrogen-bond donors (Lipinski definition) is 1. The second-order valence-electron chi connectivity index (χ2n) is 5.34. The molecule has 1 fully saturated rings. The molecule has 1 aromatic rings. The maximum Gasteiger partial charge on any atom is 0.226 e. The highest BCUT2D eigenvalue weighted by Crippen LogP contribution is 2.23. The summed E-state index contributed by atoms with van der Waals surface area (Å²) in [6, 6.07) is 0.564. The minimum absolute atomic E-state index is 0.191. The maximum atomic E-state index is 9.23. The van der Waals surface area contributed by atoms with Gasteiger partial charge < -0.3 is 9.63 Å². The van der Waals surface area contributed by atoms with Gasteiger partial charge in [-0.2, -0.15) is 4.98 Å². The lowest BCUT2D eigenvalue weighted by Crippen LogP contribution is -2.38. The van der Waals surface area contributed by atoms with Crippen LogP contribution in [-0.2, 0) is 13.0 Å². The van der Waals surface area contributed by atoms with Gasteiger partial charge >= 0.3 is 0 Å². The fourth-order valence-electron chi connectivity index (χ4n) is 2.82. The Labute approximate surface area is 115 Å². The first-order valence-electron chi connectivity index (χ1n) is 7.50. The smallest absolute Gasteiger partial charge is 0.226 e. The lowest BCUT2D eigenvalue weighted by molar-refractivity contribution is 0.113. The molecule has 0 amide bonds. The van der Waals surface area contributed by atoms with Crippen molar-refractivity contribution in [2.75, 3.05) is 13.2 Å². The number of nitrogens with zero attached hydrogens (tertiary/aromatic N) is 3. The van der Waals surface area contributed by atoms with E-state index in [4.69, 9.17) is 4.52 Å². The van der Waals surface area contributed by atoms with E-state index in [0.29, 0.717) is 19.1 Å². The summed E-state index contributed by atoms with van der Waals surface area (Å²) in [5.74, 6) is 1.48. The topological polar surface area (TPSA) is 62.4 Å². The second-order valence-corrected chi connectivity index (χ2v) is 5.34. The van der Waals surface area contributed by atoms with Crippen LogP contribution in [0.3, 0.4) is 0 Å². The molecule has 5 heteroatoms. The molecule has 1 aliphatic carbocycles. The Morgan fingerprint density at radius 1 is 1.32 bits per heavy atom. The molecule has 5 nitrogen and oxygen atoms in total. The van der Waals surface area contributed by atoms with Gasteiger partial charge in [0.25, 0.3) is 0 Å². The van der Waals surface area contributed by atoms with Crippen LogP contribution in [0.4, 0.5) is 0 Å². The molecule has 0 atom stereocenters. The highest BCUT2D eigenvalue weighted by Gasteiger charge is 2.22. The van der Waals surface area contributed by atoms with Crippen LogP contribution in [0.15, 0.2) is 4.52 Å². The van der Waals surface area contributed by atoms with Gasteiger partial charge in [0.05, 0.1) is 13.2 Å². The normalized spacial score (nSPS) is 17.2. The summed E-state index contributed by atoms with van der Waals surface area (Å²) in [6.07, 6.45) is 8.23. The van der Waals surface area contributed by atoms with Gasteiger partial charge in [0.15, 0.2) is 5.82 Å². The van der Waals surface area contributed by atoms with Gasteiger partial charge in [-0.15, -0.1) is 0 Å². The van der Waals surface area contributed by atoms with Gasteiger partial charge in [0.1, 0.15) is 0 Å². The van der Waals surface area contributed by atoms with E-state index in [0.717, 1.165) is 24.6 Å². The van der Waals surface area contributed by atoms with Crippen LogP contribution < -0.4 is 0 Å². The quantitative estimate of drug-likeness (QED) is 0.820. The first-order chi connectivity index (χ1) is 9.33. The molecule has 1 heterocycles. The van der Waals surface area contributed by atoms with Gasteiger partial charge in [-0.1, -0.05) is 31.3 Å². The average Bonchev–Trinajstić information content (AvgIpc) is 2.87. The number of rotatable bonds is 7. The van der Waals surface area contributed by atoms with E-state index in [1.54, 1.807) is 0 Å². The lowest BCUT2D eigenvalue weighted by atomic mass is 9.94. The van der Waals surface area contributed by atoms with Crippen molar-refractivity contribution in [1.82, 2.24) is 15.0 Å². The summed E-state index contributed by atoms with van der Waals surface area (Å²) in [6.45, 7) is 3.68. The summed E-state index contributed by atoms with van der Waals surface area (Å²) in [5.41, 5.74) is 0. The molecule has 19 heavy (non-hydrogen) atoms. The lowest BCUT2D eigenvalue weighted by Gasteiger charge is -2.32. The predicted octanol–water partition coefficient (Wildman–Crippen LogP) is 2.15. The van der Waals surface area contributed by atoms with Gasteiger partial charge in [-0.3, -0.25) is 4.90 Å². The molecule has 0 bridgehead atoms. The molecular weight excluding hydrogens is 242 g/mol. The van der Waals surface area contributed by atoms with Crippen molar-refractivity contribution in [2.45, 2.75) is 64.5 Å². The van der Waals surface area contributed by atoms with Crippen LogP contribution in [0.2, 0.25) is 0 Å². The fraction of sp³-hybridized carbons (Fsp3) is 0.857. The third-order valence-corrected chi connectivity index (χ3v) is 3.80. The molecule has 1 aromatic heterocycles. The molecule has 0 aromatic carbocycles. The Hall–Kier alpha value is -0.940. The van der Waals surface area contributed by atoms with Crippen LogP contribution in [0, 0.1) is 0 Å². The number of aryl methyl sites for hydroxylation is 1. The first-order valence-corrected chi connectivity index (χ1v) is 7.50. The van der Waals surface area contributed by atoms with E-state index in [9.17, 15) is 5.11 Å². The van der Waals surface area contributed by atoms with Crippen LogP contribution in [0.1, 0.15) is 57.2 Å². The monoisotopic (exact) mass is 267 g/mol. The van der Waals surface area contributed by atoms with E-state index in [1.807, 2.05) is 0 Å². The summed E-state index contributed by atoms with van der Waals surface area (Å²) in [7, 11) is 0. The van der Waals surface area contributed by atoms with Crippen LogP contribution >= 0.6 is 0 Å². The van der Waals surface area contributed by atoms with Crippen molar-refractivity contribution in [3.05, 3.63) is 11.7 Å². The summed E-state index contributed by atoms with van der Waals surface area (Å²) in [4.78, 5) is 6.72. The van der Waals surface area contributed by atoms with Crippen molar-refractivity contribution < 1.29 is 9.63 Å². The summed E-state index contributed by atoms with van der Waals surface area (Å²) in [5, 5.41) is 13.3. The van der Waals surface area contributed by atoms with Gasteiger partial charge in [-0.25, -0.2) is 0 Å². The Balaban J connectivity index is 1.94. The molecule has 0 spiro atoms. The fourth-order valence-corrected chi connectivity index (χ4v) is 2.82. The molecule has 0 aliphatic heterocycles. The number of aromatic nitrogens is 2. The van der Waals surface area contributed by atoms with E-state index >= 15 is 0 Å². The van der Waals surface area contributed by atoms with Crippen LogP contribution in [0.25, 0.3) is 0 Å². The average molecular weight is 267 g/mol. The van der Waals surface area contributed by atoms with Crippen molar-refractivity contribution >= 4 is 0 Å². The minimum atomic E-state index is 0.191. The van der Waals surface area contributed by atoms with Crippen molar-refractivity contribution in [2.24, 2.45) is 0 Å². The largest absolute Gasteiger partial charge is 0.395 e. The molecule has 1 aliphatic rings. The van der Waals surface area contributed by atoms with Gasteiger partial charge in [0, 0.05) is 19.0 Å². The molecule has 0 radical (unpaired) electrons. The Morgan fingerprint density at radius 2 is 2.11 bits per heavy atom. The van der Waals surface area contributed by atoms with E-state index in [-0.39, 0.29) is 6.61 Å². The molecule has 1 saturated carbocycles. The van der Waals surface area contributed by atoms with E-state index < -0.39 is 0 Å². The number of aliphatic hydroxyl groups excluding tert-OH is 1. The number of hydrogen-bond acceptors (Lipinski definition) is 5. The molecule has 1 N–H and O–H groups in total. The minimum Gasteiger partial charge on any atom is -0.395 e. The Kier molecular flexibility index (Phi) is 5.79. The second kappa shape index (κ2) is 7.60. The molecule has 0 saturated heterocycles. The third kappa shape index (κ3) is 4.28.